The van der Waals surface area contributed by atoms with E-state index in [1.54, 1.807) is 0 Å². The van der Waals surface area contributed by atoms with E-state index in [-0.39, 0.29) is 12.1 Å². The quantitative estimate of drug-likeness (QED) is 0.868. The maximum Gasteiger partial charge on any atom is 0.435 e. The molecule has 0 spiro atoms. The highest BCUT2D eigenvalue weighted by atomic mass is 19.4. The van der Waals surface area contributed by atoms with Gasteiger partial charge in [-0.1, -0.05) is 0 Å². The number of alkyl halides is 3. The van der Waals surface area contributed by atoms with Crippen molar-refractivity contribution in [3.05, 3.63) is 18.0 Å². The van der Waals surface area contributed by atoms with Gasteiger partial charge in [0, 0.05) is 12.2 Å². The summed E-state index contributed by atoms with van der Waals surface area (Å²) >= 11 is 0. The highest BCUT2D eigenvalue weighted by molar-refractivity contribution is 5.03. The van der Waals surface area contributed by atoms with Gasteiger partial charge in [-0.3, -0.25) is 4.68 Å². The second-order valence-electron chi connectivity index (χ2n) is 3.95. The van der Waals surface area contributed by atoms with E-state index in [1.807, 2.05) is 20.9 Å². The Kier molecular flexibility index (Phi) is 3.96. The summed E-state index contributed by atoms with van der Waals surface area (Å²) in [4.78, 5) is 0. The zero-order chi connectivity index (χ0) is 12.3. The molecule has 2 unspecified atom stereocenters. The first kappa shape index (κ1) is 13.0. The highest BCUT2D eigenvalue weighted by Gasteiger charge is 2.33. The van der Waals surface area contributed by atoms with Crippen LogP contribution in [0.25, 0.3) is 0 Å². The van der Waals surface area contributed by atoms with Gasteiger partial charge in [0.05, 0.1) is 6.04 Å². The Morgan fingerprint density at radius 1 is 1.44 bits per heavy atom. The van der Waals surface area contributed by atoms with Crippen LogP contribution in [0.4, 0.5) is 13.2 Å². The molecule has 2 atom stereocenters. The number of rotatable bonds is 4. The summed E-state index contributed by atoms with van der Waals surface area (Å²) in [5, 5.41) is 6.57. The smallest absolute Gasteiger partial charge is 0.317 e. The molecule has 0 aliphatic rings. The minimum Gasteiger partial charge on any atom is -0.317 e. The third-order valence-corrected chi connectivity index (χ3v) is 2.54. The lowest BCUT2D eigenvalue weighted by atomic mass is 10.1. The van der Waals surface area contributed by atoms with Crippen LogP contribution in [0.2, 0.25) is 0 Å². The van der Waals surface area contributed by atoms with Crippen LogP contribution in [0.1, 0.15) is 32.0 Å². The first-order chi connectivity index (χ1) is 7.34. The molecule has 1 heterocycles. The first-order valence-electron chi connectivity index (χ1n) is 5.14. The van der Waals surface area contributed by atoms with Crippen molar-refractivity contribution in [1.29, 1.82) is 0 Å². The Bertz CT molecular complexity index is 332. The van der Waals surface area contributed by atoms with Gasteiger partial charge in [0.2, 0.25) is 0 Å². The number of hydrogen-bond donors (Lipinski definition) is 1. The monoisotopic (exact) mass is 235 g/mol. The lowest BCUT2D eigenvalue weighted by Gasteiger charge is -2.17. The highest BCUT2D eigenvalue weighted by Crippen LogP contribution is 2.28. The lowest BCUT2D eigenvalue weighted by Crippen LogP contribution is -2.25. The zero-order valence-corrected chi connectivity index (χ0v) is 9.54. The van der Waals surface area contributed by atoms with Crippen molar-refractivity contribution < 1.29 is 13.2 Å². The Labute approximate surface area is 92.6 Å². The second-order valence-corrected chi connectivity index (χ2v) is 3.95. The summed E-state index contributed by atoms with van der Waals surface area (Å²) in [6, 6.07) is 1.19. The van der Waals surface area contributed by atoms with E-state index in [1.165, 1.54) is 10.9 Å². The van der Waals surface area contributed by atoms with Crippen molar-refractivity contribution in [2.45, 2.75) is 38.5 Å². The Morgan fingerprint density at radius 3 is 2.50 bits per heavy atom. The normalized spacial score (nSPS) is 16.1. The van der Waals surface area contributed by atoms with Gasteiger partial charge in [-0.25, -0.2) is 0 Å². The SMILES string of the molecule is CNC(C)CC(C)n1ccc(C(F)(F)F)n1. The van der Waals surface area contributed by atoms with E-state index in [9.17, 15) is 13.2 Å². The van der Waals surface area contributed by atoms with Crippen molar-refractivity contribution in [3.63, 3.8) is 0 Å². The van der Waals surface area contributed by atoms with Gasteiger partial charge in [-0.05, 0) is 33.4 Å². The van der Waals surface area contributed by atoms with Crippen LogP contribution in [0.3, 0.4) is 0 Å². The van der Waals surface area contributed by atoms with Crippen molar-refractivity contribution in [2.75, 3.05) is 7.05 Å². The zero-order valence-electron chi connectivity index (χ0n) is 9.54. The lowest BCUT2D eigenvalue weighted by molar-refractivity contribution is -0.141. The molecule has 1 N–H and O–H groups in total. The van der Waals surface area contributed by atoms with Gasteiger partial charge in [0.25, 0.3) is 0 Å². The minimum atomic E-state index is -4.36. The summed E-state index contributed by atoms with van der Waals surface area (Å²) < 4.78 is 38.3. The van der Waals surface area contributed by atoms with Crippen molar-refractivity contribution in [3.8, 4) is 0 Å². The predicted octanol–water partition coefficient (Wildman–Crippen LogP) is 2.46. The summed E-state index contributed by atoms with van der Waals surface area (Å²) in [5.41, 5.74) is -0.837. The van der Waals surface area contributed by atoms with Gasteiger partial charge in [0.15, 0.2) is 5.69 Å². The fraction of sp³-hybridized carbons (Fsp3) is 0.700. The maximum atomic E-state index is 12.3. The van der Waals surface area contributed by atoms with Crippen LogP contribution in [0.5, 0.6) is 0 Å². The number of hydrogen-bond acceptors (Lipinski definition) is 2. The summed E-state index contributed by atoms with van der Waals surface area (Å²) in [6.07, 6.45) is -2.26. The van der Waals surface area contributed by atoms with Crippen LogP contribution < -0.4 is 5.32 Å². The minimum absolute atomic E-state index is 0.0569. The molecule has 0 aromatic carbocycles. The molecule has 0 amide bonds. The molecular weight excluding hydrogens is 219 g/mol. The molecular formula is C10H16F3N3. The average Bonchev–Trinajstić information content (AvgIpc) is 2.65. The Balaban J connectivity index is 2.71. The summed E-state index contributed by atoms with van der Waals surface area (Å²) in [6.45, 7) is 3.83. The van der Waals surface area contributed by atoms with E-state index >= 15 is 0 Å². The number of nitrogens with one attached hydrogen (secondary N) is 1. The fourth-order valence-electron chi connectivity index (χ4n) is 1.47. The maximum absolute atomic E-state index is 12.3. The Morgan fingerprint density at radius 2 is 2.06 bits per heavy atom. The molecule has 0 radical (unpaired) electrons. The first-order valence-corrected chi connectivity index (χ1v) is 5.14. The van der Waals surface area contributed by atoms with Crippen LogP contribution in [0.15, 0.2) is 12.3 Å². The second kappa shape index (κ2) is 4.86. The topological polar surface area (TPSA) is 29.9 Å². The molecule has 0 bridgehead atoms. The van der Waals surface area contributed by atoms with E-state index in [2.05, 4.69) is 10.4 Å². The summed E-state index contributed by atoms with van der Waals surface area (Å²) in [7, 11) is 1.82. The summed E-state index contributed by atoms with van der Waals surface area (Å²) in [5.74, 6) is 0. The van der Waals surface area contributed by atoms with Gasteiger partial charge in [-0.15, -0.1) is 0 Å². The molecule has 1 aromatic heterocycles. The van der Waals surface area contributed by atoms with Crippen molar-refractivity contribution in [1.82, 2.24) is 15.1 Å². The largest absolute Gasteiger partial charge is 0.435 e. The molecule has 0 saturated carbocycles. The molecule has 1 aromatic rings. The van der Waals surface area contributed by atoms with Gasteiger partial charge in [-0.2, -0.15) is 18.3 Å². The molecule has 16 heavy (non-hydrogen) atoms. The van der Waals surface area contributed by atoms with Gasteiger partial charge >= 0.3 is 6.18 Å². The average molecular weight is 235 g/mol. The Hall–Kier alpha value is -1.04. The van der Waals surface area contributed by atoms with Gasteiger partial charge in [0.1, 0.15) is 0 Å². The van der Waals surface area contributed by atoms with E-state index in [4.69, 9.17) is 0 Å². The van der Waals surface area contributed by atoms with E-state index < -0.39 is 11.9 Å². The third-order valence-electron chi connectivity index (χ3n) is 2.54. The predicted molar refractivity (Wildman–Crippen MR) is 55.1 cm³/mol. The van der Waals surface area contributed by atoms with Gasteiger partial charge < -0.3 is 5.32 Å². The molecule has 0 saturated heterocycles. The van der Waals surface area contributed by atoms with Crippen LogP contribution in [0, 0.1) is 0 Å². The van der Waals surface area contributed by atoms with Crippen molar-refractivity contribution in [2.24, 2.45) is 0 Å². The molecule has 92 valence electrons. The number of nitrogens with zero attached hydrogens (tertiary/aromatic N) is 2. The molecule has 0 aliphatic heterocycles. The molecule has 0 aliphatic carbocycles. The van der Waals surface area contributed by atoms with Crippen LogP contribution >= 0.6 is 0 Å². The van der Waals surface area contributed by atoms with E-state index in [0.717, 1.165) is 12.5 Å². The van der Waals surface area contributed by atoms with E-state index in [0.29, 0.717) is 0 Å². The third kappa shape index (κ3) is 3.23. The molecule has 3 nitrogen and oxygen atoms in total. The fourth-order valence-corrected chi connectivity index (χ4v) is 1.47. The molecule has 0 fully saturated rings. The van der Waals surface area contributed by atoms with Crippen LogP contribution in [-0.4, -0.2) is 22.9 Å². The standard InChI is InChI=1S/C10H16F3N3/c1-7(14-3)6-8(2)16-5-4-9(15-16)10(11,12)13/h4-5,7-8,14H,6H2,1-3H3. The number of aromatic nitrogens is 2. The van der Waals surface area contributed by atoms with Crippen LogP contribution in [-0.2, 0) is 6.18 Å². The number of halogens is 3. The molecule has 6 heteroatoms. The molecule has 1 rings (SSSR count). The van der Waals surface area contributed by atoms with Crippen molar-refractivity contribution >= 4 is 0 Å².